The summed E-state index contributed by atoms with van der Waals surface area (Å²) in [6, 6.07) is 0. The van der Waals surface area contributed by atoms with Crippen LogP contribution >= 0.6 is 0 Å². The quantitative estimate of drug-likeness (QED) is 0.0262. The lowest BCUT2D eigenvalue weighted by Gasteiger charge is -2.18. The molecule has 0 bridgehead atoms. The zero-order valence-corrected chi connectivity index (χ0v) is 41.0. The lowest BCUT2D eigenvalue weighted by molar-refractivity contribution is -0.166. The Morgan fingerprint density at radius 1 is 0.328 bits per heavy atom. The van der Waals surface area contributed by atoms with Gasteiger partial charge in [0, 0.05) is 19.3 Å². The van der Waals surface area contributed by atoms with E-state index in [0.717, 1.165) is 89.9 Å². The maximum Gasteiger partial charge on any atom is 0.306 e. The van der Waals surface area contributed by atoms with Gasteiger partial charge in [0.2, 0.25) is 0 Å². The van der Waals surface area contributed by atoms with Gasteiger partial charge in [-0.1, -0.05) is 194 Å². The predicted octanol–water partition coefficient (Wildman–Crippen LogP) is 16.9. The Kier molecular flexibility index (Phi) is 48.1. The van der Waals surface area contributed by atoms with Crippen molar-refractivity contribution in [1.29, 1.82) is 0 Å². The molecular formula is C58H92O6. The van der Waals surface area contributed by atoms with Gasteiger partial charge in [0.15, 0.2) is 6.10 Å². The van der Waals surface area contributed by atoms with E-state index < -0.39 is 12.1 Å². The van der Waals surface area contributed by atoms with Crippen molar-refractivity contribution in [3.63, 3.8) is 0 Å². The Hall–Kier alpha value is -4.19. The zero-order chi connectivity index (χ0) is 46.5. The van der Waals surface area contributed by atoms with Gasteiger partial charge < -0.3 is 14.2 Å². The van der Waals surface area contributed by atoms with Crippen molar-refractivity contribution in [2.24, 2.45) is 0 Å². The van der Waals surface area contributed by atoms with Crippen molar-refractivity contribution in [1.82, 2.24) is 0 Å². The largest absolute Gasteiger partial charge is 0.462 e. The molecule has 360 valence electrons. The molecule has 0 aromatic heterocycles. The summed E-state index contributed by atoms with van der Waals surface area (Å²) in [5.74, 6) is -1.10. The van der Waals surface area contributed by atoms with Gasteiger partial charge in [-0.25, -0.2) is 0 Å². The average Bonchev–Trinajstić information content (AvgIpc) is 3.29. The summed E-state index contributed by atoms with van der Waals surface area (Å²) in [5.41, 5.74) is 0. The second kappa shape index (κ2) is 51.4. The molecule has 0 aliphatic carbocycles. The fourth-order valence-electron chi connectivity index (χ4n) is 6.36. The number of rotatable bonds is 44. The molecule has 0 heterocycles. The Morgan fingerprint density at radius 3 is 1.12 bits per heavy atom. The first kappa shape index (κ1) is 59.8. The number of hydrogen-bond donors (Lipinski definition) is 0. The minimum atomic E-state index is -0.848. The topological polar surface area (TPSA) is 78.9 Å². The summed E-state index contributed by atoms with van der Waals surface area (Å²) in [6.07, 6.45) is 70.6. The highest BCUT2D eigenvalue weighted by Gasteiger charge is 2.19. The van der Waals surface area contributed by atoms with E-state index in [9.17, 15) is 14.4 Å². The van der Waals surface area contributed by atoms with Crippen molar-refractivity contribution in [2.75, 3.05) is 13.2 Å². The van der Waals surface area contributed by atoms with Crippen LogP contribution in [0, 0.1) is 0 Å². The van der Waals surface area contributed by atoms with Gasteiger partial charge >= 0.3 is 17.9 Å². The fourth-order valence-corrected chi connectivity index (χ4v) is 6.36. The molecule has 64 heavy (non-hydrogen) atoms. The molecule has 0 rings (SSSR count). The van der Waals surface area contributed by atoms with Crippen molar-refractivity contribution in [3.8, 4) is 0 Å². The number of unbranched alkanes of at least 4 members (excludes halogenated alkanes) is 13. The van der Waals surface area contributed by atoms with E-state index in [-0.39, 0.29) is 38.0 Å². The molecular weight excluding hydrogens is 793 g/mol. The highest BCUT2D eigenvalue weighted by molar-refractivity contribution is 5.71. The molecule has 0 radical (unpaired) electrons. The van der Waals surface area contributed by atoms with Gasteiger partial charge in [-0.15, -0.1) is 0 Å². The zero-order valence-electron chi connectivity index (χ0n) is 41.0. The van der Waals surface area contributed by atoms with E-state index in [1.165, 1.54) is 64.2 Å². The number of hydrogen-bond acceptors (Lipinski definition) is 6. The third kappa shape index (κ3) is 48.8. The summed E-state index contributed by atoms with van der Waals surface area (Å²) in [7, 11) is 0. The van der Waals surface area contributed by atoms with Gasteiger partial charge in [-0.2, -0.15) is 0 Å². The van der Waals surface area contributed by atoms with E-state index in [1.54, 1.807) is 0 Å². The molecule has 0 aliphatic rings. The first-order chi connectivity index (χ1) is 31.5. The number of ether oxygens (including phenoxy) is 3. The highest BCUT2D eigenvalue weighted by Crippen LogP contribution is 2.11. The van der Waals surface area contributed by atoms with Crippen LogP contribution in [0.25, 0.3) is 0 Å². The molecule has 0 aliphatic heterocycles. The maximum atomic E-state index is 12.8. The summed E-state index contributed by atoms with van der Waals surface area (Å²) in [6.45, 7) is 6.34. The number of allylic oxidation sites excluding steroid dienone is 20. The molecule has 6 heteroatoms. The smallest absolute Gasteiger partial charge is 0.306 e. The molecule has 0 spiro atoms. The van der Waals surface area contributed by atoms with Gasteiger partial charge in [-0.05, 0) is 116 Å². The summed E-state index contributed by atoms with van der Waals surface area (Å²) in [4.78, 5) is 37.9. The third-order valence-electron chi connectivity index (χ3n) is 10.2. The predicted molar refractivity (Wildman–Crippen MR) is 274 cm³/mol. The molecule has 6 nitrogen and oxygen atoms in total. The van der Waals surface area contributed by atoms with E-state index >= 15 is 0 Å². The molecule has 0 saturated carbocycles. The van der Waals surface area contributed by atoms with Crippen LogP contribution in [-0.4, -0.2) is 37.2 Å². The lowest BCUT2D eigenvalue weighted by atomic mass is 10.1. The lowest BCUT2D eigenvalue weighted by Crippen LogP contribution is -2.30. The second-order valence-electron chi connectivity index (χ2n) is 16.3. The van der Waals surface area contributed by atoms with Crippen LogP contribution in [0.2, 0.25) is 0 Å². The molecule has 1 unspecified atom stereocenters. The molecule has 0 amide bonds. The monoisotopic (exact) mass is 885 g/mol. The van der Waals surface area contributed by atoms with E-state index in [4.69, 9.17) is 14.2 Å². The summed E-state index contributed by atoms with van der Waals surface area (Å²) < 4.78 is 16.6. The standard InChI is InChI=1S/C58H92O6/c1-4-7-10-13-16-19-22-25-27-29-31-33-36-39-42-45-48-51-57(60)63-54-55(53-62-56(59)50-47-44-41-38-35-32-24-21-18-15-12-9-6-3)64-58(61)52-49-46-43-40-37-34-30-28-26-23-20-17-14-11-8-5-2/h8,11,16-17,19-20,25-28,31-35,37,39,42-43,46,55H,4-7,9-10,12-15,18,21-24,29-30,36,38,40-41,44-45,47-54H2,1-3H3/b11-8-,19-16-,20-17-,27-25-,28-26-,33-31-,35-32-,37-34-,42-39-,46-43-. The van der Waals surface area contributed by atoms with Crippen LogP contribution in [0.1, 0.15) is 207 Å². The average molecular weight is 885 g/mol. The van der Waals surface area contributed by atoms with Gasteiger partial charge in [-0.3, -0.25) is 14.4 Å². The normalized spacial score (nSPS) is 13.1. The molecule has 0 fully saturated rings. The van der Waals surface area contributed by atoms with Crippen LogP contribution in [0.15, 0.2) is 122 Å². The fraction of sp³-hybridized carbons (Fsp3) is 0.603. The van der Waals surface area contributed by atoms with Gasteiger partial charge in [0.1, 0.15) is 13.2 Å². The summed E-state index contributed by atoms with van der Waals surface area (Å²) >= 11 is 0. The van der Waals surface area contributed by atoms with Crippen LogP contribution < -0.4 is 0 Å². The van der Waals surface area contributed by atoms with Crippen molar-refractivity contribution < 1.29 is 28.6 Å². The molecule has 1 atom stereocenters. The second-order valence-corrected chi connectivity index (χ2v) is 16.3. The number of esters is 3. The maximum absolute atomic E-state index is 12.8. The minimum Gasteiger partial charge on any atom is -0.462 e. The third-order valence-corrected chi connectivity index (χ3v) is 10.2. The van der Waals surface area contributed by atoms with E-state index in [1.807, 2.05) is 12.2 Å². The Morgan fingerprint density at radius 2 is 0.656 bits per heavy atom. The van der Waals surface area contributed by atoms with Gasteiger partial charge in [0.05, 0.1) is 0 Å². The van der Waals surface area contributed by atoms with Crippen LogP contribution in [-0.2, 0) is 28.6 Å². The number of carbonyl (C=O) groups is 3. The molecule has 0 aromatic rings. The first-order valence-corrected chi connectivity index (χ1v) is 25.5. The van der Waals surface area contributed by atoms with E-state index in [2.05, 4.69) is 130 Å². The first-order valence-electron chi connectivity index (χ1n) is 25.5. The Balaban J connectivity index is 4.63. The molecule has 0 aromatic carbocycles. The number of carbonyl (C=O) groups excluding carboxylic acids is 3. The highest BCUT2D eigenvalue weighted by atomic mass is 16.6. The Labute approximate surface area is 392 Å². The molecule has 0 saturated heterocycles. The SMILES string of the molecule is CC/C=C\C/C=C\C/C=C\C/C=C\C/C=C\CCC(=O)OC(COC(=O)CCC/C=C\C/C=C\C/C=C\C/C=C\CCCCC)COC(=O)CCCCC/C=C\CCCCCCCC. The van der Waals surface area contributed by atoms with Crippen molar-refractivity contribution >= 4 is 17.9 Å². The van der Waals surface area contributed by atoms with Crippen molar-refractivity contribution in [2.45, 2.75) is 213 Å². The van der Waals surface area contributed by atoms with Crippen LogP contribution in [0.4, 0.5) is 0 Å². The van der Waals surface area contributed by atoms with Gasteiger partial charge in [0.25, 0.3) is 0 Å². The van der Waals surface area contributed by atoms with Crippen molar-refractivity contribution in [3.05, 3.63) is 122 Å². The van der Waals surface area contributed by atoms with E-state index in [0.29, 0.717) is 19.3 Å². The van der Waals surface area contributed by atoms with Crippen LogP contribution in [0.5, 0.6) is 0 Å². The molecule has 0 N–H and O–H groups in total. The van der Waals surface area contributed by atoms with Crippen LogP contribution in [0.3, 0.4) is 0 Å². The Bertz CT molecular complexity index is 1390. The summed E-state index contributed by atoms with van der Waals surface area (Å²) in [5, 5.41) is 0. The minimum absolute atomic E-state index is 0.136.